The Kier molecular flexibility index (Phi) is 5.39. The second-order valence-corrected chi connectivity index (χ2v) is 6.79. The van der Waals surface area contributed by atoms with Gasteiger partial charge in [-0.25, -0.2) is 0 Å². The lowest BCUT2D eigenvalue weighted by Crippen LogP contribution is -2.41. The standard InChI is InChI=1S/C16H23NO3S/c1-20-12-6-7-13(14(18)10-12)15(19)17-11-16(21-2)8-4-3-5-9-16/h6-7,10,18H,3-5,8-9,11H2,1-2H3,(H,17,19). The Morgan fingerprint density at radius 3 is 2.67 bits per heavy atom. The molecule has 2 rings (SSSR count). The van der Waals surface area contributed by atoms with Crippen LogP contribution in [0.3, 0.4) is 0 Å². The number of phenols is 1. The second-order valence-electron chi connectivity index (χ2n) is 5.51. The largest absolute Gasteiger partial charge is 0.507 e. The number of carbonyl (C=O) groups is 1. The number of phenolic OH excluding ortho intramolecular Hbond substituents is 1. The van der Waals surface area contributed by atoms with Gasteiger partial charge in [0.1, 0.15) is 11.5 Å². The van der Waals surface area contributed by atoms with E-state index in [0.717, 1.165) is 12.8 Å². The number of hydrogen-bond acceptors (Lipinski definition) is 4. The number of rotatable bonds is 5. The van der Waals surface area contributed by atoms with Gasteiger partial charge in [-0.1, -0.05) is 19.3 Å². The minimum absolute atomic E-state index is 0.0475. The highest BCUT2D eigenvalue weighted by Crippen LogP contribution is 2.38. The van der Waals surface area contributed by atoms with Gasteiger partial charge in [0.15, 0.2) is 0 Å². The molecule has 5 heteroatoms. The Bertz CT molecular complexity index is 498. The number of nitrogens with one attached hydrogen (secondary N) is 1. The van der Waals surface area contributed by atoms with Crippen molar-refractivity contribution in [3.63, 3.8) is 0 Å². The maximum Gasteiger partial charge on any atom is 0.255 e. The highest BCUT2D eigenvalue weighted by atomic mass is 32.2. The molecule has 1 aliphatic rings. The molecular weight excluding hydrogens is 286 g/mol. The van der Waals surface area contributed by atoms with Gasteiger partial charge in [0.2, 0.25) is 0 Å². The number of amides is 1. The van der Waals surface area contributed by atoms with Crippen molar-refractivity contribution < 1.29 is 14.6 Å². The normalized spacial score (nSPS) is 17.2. The molecular formula is C16H23NO3S. The van der Waals surface area contributed by atoms with Crippen LogP contribution in [0.25, 0.3) is 0 Å². The second kappa shape index (κ2) is 7.07. The lowest BCUT2D eigenvalue weighted by atomic mass is 9.88. The monoisotopic (exact) mass is 309 g/mol. The third-order valence-electron chi connectivity index (χ3n) is 4.22. The first kappa shape index (κ1) is 16.0. The lowest BCUT2D eigenvalue weighted by molar-refractivity contribution is 0.0944. The van der Waals surface area contributed by atoms with Crippen molar-refractivity contribution in [3.05, 3.63) is 23.8 Å². The molecule has 0 heterocycles. The van der Waals surface area contributed by atoms with Crippen LogP contribution in [0.1, 0.15) is 42.5 Å². The summed E-state index contributed by atoms with van der Waals surface area (Å²) in [5, 5.41) is 12.9. The summed E-state index contributed by atoms with van der Waals surface area (Å²) < 4.78 is 5.17. The van der Waals surface area contributed by atoms with Crippen molar-refractivity contribution in [2.24, 2.45) is 0 Å². The molecule has 0 aliphatic heterocycles. The molecule has 1 fully saturated rings. The van der Waals surface area contributed by atoms with Crippen LogP contribution >= 0.6 is 11.8 Å². The van der Waals surface area contributed by atoms with Gasteiger partial charge >= 0.3 is 0 Å². The zero-order valence-electron chi connectivity index (χ0n) is 12.6. The smallest absolute Gasteiger partial charge is 0.255 e. The van der Waals surface area contributed by atoms with E-state index in [4.69, 9.17) is 4.74 Å². The van der Waals surface area contributed by atoms with Crippen LogP contribution in [0, 0.1) is 0 Å². The van der Waals surface area contributed by atoms with Gasteiger partial charge in [-0.3, -0.25) is 4.79 Å². The topological polar surface area (TPSA) is 58.6 Å². The Labute approximate surface area is 130 Å². The van der Waals surface area contributed by atoms with E-state index in [1.807, 2.05) is 11.8 Å². The first-order chi connectivity index (χ1) is 10.1. The van der Waals surface area contributed by atoms with E-state index in [1.165, 1.54) is 32.4 Å². The average Bonchev–Trinajstić information content (AvgIpc) is 2.53. The predicted octanol–water partition coefficient (Wildman–Crippen LogP) is 3.20. The minimum Gasteiger partial charge on any atom is -0.507 e. The number of thioether (sulfide) groups is 1. The van der Waals surface area contributed by atoms with Gasteiger partial charge in [-0.2, -0.15) is 11.8 Å². The van der Waals surface area contributed by atoms with E-state index in [0.29, 0.717) is 17.9 Å². The van der Waals surface area contributed by atoms with Crippen LogP contribution in [-0.4, -0.2) is 35.7 Å². The fourth-order valence-corrected chi connectivity index (χ4v) is 3.73. The van der Waals surface area contributed by atoms with Crippen LogP contribution in [0.15, 0.2) is 18.2 Å². The van der Waals surface area contributed by atoms with E-state index >= 15 is 0 Å². The Hall–Kier alpha value is -1.36. The molecule has 2 N–H and O–H groups in total. The molecule has 116 valence electrons. The lowest BCUT2D eigenvalue weighted by Gasteiger charge is -2.35. The molecule has 4 nitrogen and oxygen atoms in total. The van der Waals surface area contributed by atoms with Gasteiger partial charge < -0.3 is 15.2 Å². The molecule has 21 heavy (non-hydrogen) atoms. The summed E-state index contributed by atoms with van der Waals surface area (Å²) in [7, 11) is 1.53. The summed E-state index contributed by atoms with van der Waals surface area (Å²) in [6, 6.07) is 4.73. The molecule has 0 atom stereocenters. The molecule has 0 unspecified atom stereocenters. The molecule has 1 aliphatic carbocycles. The number of aromatic hydroxyl groups is 1. The van der Waals surface area contributed by atoms with Gasteiger partial charge in [0.25, 0.3) is 5.91 Å². The maximum absolute atomic E-state index is 12.2. The van der Waals surface area contributed by atoms with Crippen LogP contribution in [0.5, 0.6) is 11.5 Å². The summed E-state index contributed by atoms with van der Waals surface area (Å²) in [5.74, 6) is 0.264. The third kappa shape index (κ3) is 3.84. The highest BCUT2D eigenvalue weighted by molar-refractivity contribution is 8.00. The zero-order valence-corrected chi connectivity index (χ0v) is 13.5. The summed E-state index contributed by atoms with van der Waals surface area (Å²) >= 11 is 1.84. The number of benzene rings is 1. The number of carbonyl (C=O) groups excluding carboxylic acids is 1. The van der Waals surface area contributed by atoms with Crippen LogP contribution in [-0.2, 0) is 0 Å². The molecule has 1 amide bonds. The molecule has 0 saturated heterocycles. The molecule has 0 aromatic heterocycles. The number of hydrogen-bond donors (Lipinski definition) is 2. The minimum atomic E-state index is -0.228. The molecule has 1 aromatic rings. The molecule has 1 aromatic carbocycles. The van der Waals surface area contributed by atoms with Crippen LogP contribution in [0.2, 0.25) is 0 Å². The van der Waals surface area contributed by atoms with Gasteiger partial charge in [0.05, 0.1) is 12.7 Å². The van der Waals surface area contributed by atoms with Crippen molar-refractivity contribution in [2.45, 2.75) is 36.9 Å². The zero-order chi connectivity index (χ0) is 15.3. The number of ether oxygens (including phenoxy) is 1. The van der Waals surface area contributed by atoms with Crippen molar-refractivity contribution >= 4 is 17.7 Å². The third-order valence-corrected chi connectivity index (χ3v) is 5.64. The van der Waals surface area contributed by atoms with Gasteiger partial charge in [-0.05, 0) is 31.2 Å². The highest BCUT2D eigenvalue weighted by Gasteiger charge is 2.31. The van der Waals surface area contributed by atoms with E-state index in [9.17, 15) is 9.90 Å². The van der Waals surface area contributed by atoms with E-state index < -0.39 is 0 Å². The van der Waals surface area contributed by atoms with Crippen molar-refractivity contribution in [3.8, 4) is 11.5 Å². The fourth-order valence-electron chi connectivity index (χ4n) is 2.82. The SMILES string of the molecule is COc1ccc(C(=O)NCC2(SC)CCCCC2)c(O)c1. The van der Waals surface area contributed by atoms with Crippen molar-refractivity contribution in [2.75, 3.05) is 19.9 Å². The maximum atomic E-state index is 12.2. The molecule has 0 radical (unpaired) electrons. The Morgan fingerprint density at radius 2 is 2.10 bits per heavy atom. The molecule has 1 saturated carbocycles. The van der Waals surface area contributed by atoms with E-state index in [-0.39, 0.29) is 16.4 Å². The fraction of sp³-hybridized carbons (Fsp3) is 0.562. The first-order valence-electron chi connectivity index (χ1n) is 7.30. The molecule has 0 spiro atoms. The van der Waals surface area contributed by atoms with Crippen LogP contribution < -0.4 is 10.1 Å². The summed E-state index contributed by atoms with van der Waals surface area (Å²) in [6.45, 7) is 0.651. The molecule has 0 bridgehead atoms. The van der Waals surface area contributed by atoms with Crippen LogP contribution in [0.4, 0.5) is 0 Å². The van der Waals surface area contributed by atoms with E-state index in [1.54, 1.807) is 12.1 Å². The van der Waals surface area contributed by atoms with E-state index in [2.05, 4.69) is 11.6 Å². The Morgan fingerprint density at radius 1 is 1.38 bits per heavy atom. The predicted molar refractivity (Wildman–Crippen MR) is 86.3 cm³/mol. The quantitative estimate of drug-likeness (QED) is 0.877. The van der Waals surface area contributed by atoms with Gasteiger partial charge in [0, 0.05) is 17.4 Å². The number of methoxy groups -OCH3 is 1. The Balaban J connectivity index is 2.01. The average molecular weight is 309 g/mol. The summed E-state index contributed by atoms with van der Waals surface area (Å²) in [4.78, 5) is 12.2. The van der Waals surface area contributed by atoms with Crippen molar-refractivity contribution in [1.82, 2.24) is 5.32 Å². The van der Waals surface area contributed by atoms with Crippen molar-refractivity contribution in [1.29, 1.82) is 0 Å². The van der Waals surface area contributed by atoms with Gasteiger partial charge in [-0.15, -0.1) is 0 Å². The summed E-state index contributed by atoms with van der Waals surface area (Å²) in [5.41, 5.74) is 0.294. The first-order valence-corrected chi connectivity index (χ1v) is 8.53. The summed E-state index contributed by atoms with van der Waals surface area (Å²) in [6.07, 6.45) is 8.14.